The van der Waals surface area contributed by atoms with E-state index < -0.39 is 10.0 Å². The fraction of sp³-hybridized carbons (Fsp3) is 0.500. The molecule has 0 bridgehead atoms. The van der Waals surface area contributed by atoms with Crippen molar-refractivity contribution in [2.24, 2.45) is 0 Å². The Morgan fingerprint density at radius 3 is 2.42 bits per heavy atom. The maximum absolute atomic E-state index is 11.5. The molecule has 1 saturated heterocycles. The van der Waals surface area contributed by atoms with Crippen LogP contribution in [0.1, 0.15) is 0 Å². The molecular weight excluding hydrogens is 268 g/mol. The zero-order chi connectivity index (χ0) is 13.7. The minimum Gasteiger partial charge on any atom is -0.395 e. The van der Waals surface area contributed by atoms with Crippen LogP contribution < -0.4 is 9.62 Å². The number of anilines is 2. The molecule has 106 valence electrons. The molecule has 1 aromatic carbocycles. The number of aliphatic hydroxyl groups is 1. The SMILES string of the molecule is O=S(=O)(CCO)Nc1ccc(N2CCOCC2)cc1. The number of nitrogens with one attached hydrogen (secondary N) is 1. The number of hydrogen-bond acceptors (Lipinski definition) is 5. The number of ether oxygens (including phenoxy) is 1. The van der Waals surface area contributed by atoms with Crippen LogP contribution in [-0.4, -0.2) is 52.2 Å². The van der Waals surface area contributed by atoms with Crippen LogP contribution in [0.25, 0.3) is 0 Å². The summed E-state index contributed by atoms with van der Waals surface area (Å²) in [5.74, 6) is -0.293. The molecule has 0 aromatic heterocycles. The lowest BCUT2D eigenvalue weighted by Gasteiger charge is -2.28. The summed E-state index contributed by atoms with van der Waals surface area (Å²) in [6.45, 7) is 2.72. The van der Waals surface area contributed by atoms with Crippen LogP contribution in [0, 0.1) is 0 Å². The summed E-state index contributed by atoms with van der Waals surface area (Å²) in [6.07, 6.45) is 0. The Balaban J connectivity index is 2.02. The summed E-state index contributed by atoms with van der Waals surface area (Å²) in [5.41, 5.74) is 1.55. The first kappa shape index (κ1) is 14.1. The van der Waals surface area contributed by atoms with Crippen LogP contribution in [0.3, 0.4) is 0 Å². The minimum atomic E-state index is -3.46. The van der Waals surface area contributed by atoms with E-state index in [1.165, 1.54) is 0 Å². The Labute approximate surface area is 113 Å². The lowest BCUT2D eigenvalue weighted by Crippen LogP contribution is -2.36. The third-order valence-electron chi connectivity index (χ3n) is 2.88. The molecule has 0 spiro atoms. The van der Waals surface area contributed by atoms with Gasteiger partial charge in [0.15, 0.2) is 0 Å². The molecule has 7 heteroatoms. The molecule has 0 unspecified atom stereocenters. The average molecular weight is 286 g/mol. The lowest BCUT2D eigenvalue weighted by molar-refractivity contribution is 0.122. The fourth-order valence-corrected chi connectivity index (χ4v) is 2.75. The van der Waals surface area contributed by atoms with Gasteiger partial charge < -0.3 is 14.7 Å². The predicted octanol–water partition coefficient (Wildman–Crippen LogP) is 0.257. The highest BCUT2D eigenvalue weighted by Crippen LogP contribution is 2.19. The smallest absolute Gasteiger partial charge is 0.234 e. The number of rotatable bonds is 5. The van der Waals surface area contributed by atoms with Gasteiger partial charge in [0.1, 0.15) is 0 Å². The second kappa shape index (κ2) is 6.23. The van der Waals surface area contributed by atoms with Crippen LogP contribution in [0.4, 0.5) is 11.4 Å². The maximum atomic E-state index is 11.5. The molecular formula is C12H18N2O4S. The van der Waals surface area contributed by atoms with Gasteiger partial charge in [-0.15, -0.1) is 0 Å². The topological polar surface area (TPSA) is 78.9 Å². The van der Waals surface area contributed by atoms with E-state index in [2.05, 4.69) is 9.62 Å². The molecule has 6 nitrogen and oxygen atoms in total. The van der Waals surface area contributed by atoms with E-state index in [9.17, 15) is 8.42 Å². The van der Waals surface area contributed by atoms with Crippen molar-refractivity contribution < 1.29 is 18.3 Å². The number of sulfonamides is 1. The third kappa shape index (κ3) is 4.09. The van der Waals surface area contributed by atoms with Gasteiger partial charge in [-0.3, -0.25) is 4.72 Å². The average Bonchev–Trinajstić information content (AvgIpc) is 2.40. The van der Waals surface area contributed by atoms with Crippen LogP contribution in [0.5, 0.6) is 0 Å². The predicted molar refractivity (Wildman–Crippen MR) is 74.0 cm³/mol. The van der Waals surface area contributed by atoms with E-state index in [1.54, 1.807) is 12.1 Å². The molecule has 0 radical (unpaired) electrons. The molecule has 0 saturated carbocycles. The maximum Gasteiger partial charge on any atom is 0.234 e. The molecule has 1 aliphatic heterocycles. The normalized spacial score (nSPS) is 16.4. The van der Waals surface area contributed by atoms with Crippen molar-refractivity contribution in [3.05, 3.63) is 24.3 Å². The van der Waals surface area contributed by atoms with Crippen LogP contribution >= 0.6 is 0 Å². The Morgan fingerprint density at radius 2 is 1.84 bits per heavy atom. The van der Waals surface area contributed by atoms with Crippen molar-refractivity contribution in [2.75, 3.05) is 48.3 Å². The molecule has 1 heterocycles. The molecule has 1 fully saturated rings. The Bertz CT molecular complexity index is 495. The van der Waals surface area contributed by atoms with E-state index in [0.717, 1.165) is 18.8 Å². The highest BCUT2D eigenvalue weighted by atomic mass is 32.2. The minimum absolute atomic E-state index is 0.293. The molecule has 1 aliphatic rings. The molecule has 0 amide bonds. The van der Waals surface area contributed by atoms with E-state index in [0.29, 0.717) is 18.9 Å². The number of nitrogens with zero attached hydrogens (tertiary/aromatic N) is 1. The number of morpholine rings is 1. The molecule has 2 N–H and O–H groups in total. The Hall–Kier alpha value is -1.31. The van der Waals surface area contributed by atoms with Gasteiger partial charge in [-0.1, -0.05) is 0 Å². The van der Waals surface area contributed by atoms with Crippen LogP contribution in [0.15, 0.2) is 24.3 Å². The number of hydrogen-bond donors (Lipinski definition) is 2. The van der Waals surface area contributed by atoms with Crippen LogP contribution in [0.2, 0.25) is 0 Å². The number of benzene rings is 1. The van der Waals surface area contributed by atoms with Gasteiger partial charge in [-0.25, -0.2) is 8.42 Å². The van der Waals surface area contributed by atoms with Crippen molar-refractivity contribution >= 4 is 21.4 Å². The third-order valence-corrected chi connectivity index (χ3v) is 4.14. The molecule has 19 heavy (non-hydrogen) atoms. The van der Waals surface area contributed by atoms with Gasteiger partial charge in [0.25, 0.3) is 0 Å². The largest absolute Gasteiger partial charge is 0.395 e. The summed E-state index contributed by atoms with van der Waals surface area (Å²) in [6, 6.07) is 7.20. The van der Waals surface area contributed by atoms with Crippen molar-refractivity contribution in [1.82, 2.24) is 0 Å². The summed E-state index contributed by atoms with van der Waals surface area (Å²) < 4.78 is 30.7. The first-order valence-electron chi connectivity index (χ1n) is 6.15. The van der Waals surface area contributed by atoms with E-state index in [4.69, 9.17) is 9.84 Å². The van der Waals surface area contributed by atoms with Crippen molar-refractivity contribution in [2.45, 2.75) is 0 Å². The van der Waals surface area contributed by atoms with Gasteiger partial charge in [-0.2, -0.15) is 0 Å². The number of aliphatic hydroxyl groups excluding tert-OH is 1. The van der Waals surface area contributed by atoms with E-state index >= 15 is 0 Å². The summed E-state index contributed by atoms with van der Waals surface area (Å²) in [5, 5.41) is 8.66. The van der Waals surface area contributed by atoms with Gasteiger partial charge in [-0.05, 0) is 24.3 Å². The zero-order valence-electron chi connectivity index (χ0n) is 10.6. The van der Waals surface area contributed by atoms with Crippen LogP contribution in [-0.2, 0) is 14.8 Å². The van der Waals surface area contributed by atoms with Crippen molar-refractivity contribution in [3.8, 4) is 0 Å². The van der Waals surface area contributed by atoms with E-state index in [-0.39, 0.29) is 12.4 Å². The standard InChI is InChI=1S/C12H18N2O4S/c15-7-10-19(16,17)13-11-1-3-12(4-2-11)14-5-8-18-9-6-14/h1-4,13,15H,5-10H2. The highest BCUT2D eigenvalue weighted by Gasteiger charge is 2.12. The summed E-state index contributed by atoms with van der Waals surface area (Å²) in [7, 11) is -3.46. The second-order valence-electron chi connectivity index (χ2n) is 4.29. The second-order valence-corrected chi connectivity index (χ2v) is 6.13. The molecule has 1 aromatic rings. The quantitative estimate of drug-likeness (QED) is 0.811. The zero-order valence-corrected chi connectivity index (χ0v) is 11.4. The lowest BCUT2D eigenvalue weighted by atomic mass is 10.2. The first-order chi connectivity index (χ1) is 9.11. The highest BCUT2D eigenvalue weighted by molar-refractivity contribution is 7.92. The van der Waals surface area contributed by atoms with Gasteiger partial charge >= 0.3 is 0 Å². The Morgan fingerprint density at radius 1 is 1.21 bits per heavy atom. The van der Waals surface area contributed by atoms with Crippen molar-refractivity contribution in [3.63, 3.8) is 0 Å². The van der Waals surface area contributed by atoms with Gasteiger partial charge in [0.2, 0.25) is 10.0 Å². The Kier molecular flexibility index (Phi) is 4.62. The van der Waals surface area contributed by atoms with E-state index in [1.807, 2.05) is 12.1 Å². The van der Waals surface area contributed by atoms with Crippen molar-refractivity contribution in [1.29, 1.82) is 0 Å². The van der Waals surface area contributed by atoms with Gasteiger partial charge in [0.05, 0.1) is 25.6 Å². The summed E-state index contributed by atoms with van der Waals surface area (Å²) in [4.78, 5) is 2.19. The summed E-state index contributed by atoms with van der Waals surface area (Å²) >= 11 is 0. The molecule has 0 atom stereocenters. The molecule has 0 aliphatic carbocycles. The monoisotopic (exact) mass is 286 g/mol. The fourth-order valence-electron chi connectivity index (χ4n) is 1.91. The first-order valence-corrected chi connectivity index (χ1v) is 7.80. The molecule has 2 rings (SSSR count). The van der Waals surface area contributed by atoms with Gasteiger partial charge in [0, 0.05) is 24.5 Å².